The molecular weight excluding hydrogens is 127 g/mol. The molecule has 0 unspecified atom stereocenters. The van der Waals surface area contributed by atoms with Crippen molar-refractivity contribution in [3.05, 3.63) is 0 Å². The standard InChI is InChI=1S/C6H12O3.Li.H/c1-2-3-4-5-9-6(7)8;;/h2-5H2,1H3,(H,7,8);;. The molecule has 0 aliphatic carbocycles. The van der Waals surface area contributed by atoms with Crippen LogP contribution in [-0.2, 0) is 4.74 Å². The van der Waals surface area contributed by atoms with Crippen molar-refractivity contribution in [2.75, 3.05) is 6.61 Å². The van der Waals surface area contributed by atoms with Crippen molar-refractivity contribution in [2.24, 2.45) is 0 Å². The van der Waals surface area contributed by atoms with Crippen LogP contribution >= 0.6 is 0 Å². The predicted molar refractivity (Wildman–Crippen MR) is 40.7 cm³/mol. The molecule has 56 valence electrons. The molecule has 0 radical (unpaired) electrons. The number of ether oxygens (including phenoxy) is 1. The van der Waals surface area contributed by atoms with Crippen LogP contribution in [0, 0.1) is 0 Å². The summed E-state index contributed by atoms with van der Waals surface area (Å²) < 4.78 is 4.26. The van der Waals surface area contributed by atoms with Gasteiger partial charge in [-0.3, -0.25) is 0 Å². The molecule has 10 heavy (non-hydrogen) atoms. The first-order valence-electron chi connectivity index (χ1n) is 3.13. The second-order valence-corrected chi connectivity index (χ2v) is 1.82. The van der Waals surface area contributed by atoms with Crippen LogP contribution in [0.15, 0.2) is 0 Å². The third-order valence-corrected chi connectivity index (χ3v) is 0.973. The van der Waals surface area contributed by atoms with Gasteiger partial charge in [-0.1, -0.05) is 19.8 Å². The SMILES string of the molecule is CCCCCOC(=O)O.[LiH]. The summed E-state index contributed by atoms with van der Waals surface area (Å²) in [6.45, 7) is 2.39. The molecule has 0 atom stereocenters. The first-order chi connectivity index (χ1) is 4.27. The predicted octanol–water partition coefficient (Wildman–Crippen LogP) is 1.22. The molecule has 0 aromatic rings. The van der Waals surface area contributed by atoms with E-state index >= 15 is 0 Å². The summed E-state index contributed by atoms with van der Waals surface area (Å²) in [5, 5.41) is 7.99. The van der Waals surface area contributed by atoms with Gasteiger partial charge < -0.3 is 9.84 Å². The summed E-state index contributed by atoms with van der Waals surface area (Å²) in [4.78, 5) is 9.74. The van der Waals surface area contributed by atoms with E-state index in [9.17, 15) is 4.79 Å². The van der Waals surface area contributed by atoms with Crippen molar-refractivity contribution in [3.8, 4) is 0 Å². The monoisotopic (exact) mass is 140 g/mol. The second kappa shape index (κ2) is 8.87. The van der Waals surface area contributed by atoms with Crippen LogP contribution in [0.2, 0.25) is 0 Å². The Morgan fingerprint density at radius 3 is 2.50 bits per heavy atom. The summed E-state index contributed by atoms with van der Waals surface area (Å²) in [6.07, 6.45) is 1.78. The number of hydrogen-bond acceptors (Lipinski definition) is 2. The molecule has 0 heterocycles. The van der Waals surface area contributed by atoms with E-state index in [2.05, 4.69) is 11.7 Å². The zero-order valence-corrected chi connectivity index (χ0v) is 5.59. The summed E-state index contributed by atoms with van der Waals surface area (Å²) in [5.41, 5.74) is 0. The number of hydrogen-bond donors (Lipinski definition) is 1. The van der Waals surface area contributed by atoms with Gasteiger partial charge in [-0.15, -0.1) is 0 Å². The van der Waals surface area contributed by atoms with Gasteiger partial charge in [0.2, 0.25) is 0 Å². The topological polar surface area (TPSA) is 46.5 Å². The van der Waals surface area contributed by atoms with Gasteiger partial charge in [-0.05, 0) is 6.42 Å². The molecule has 0 spiro atoms. The van der Waals surface area contributed by atoms with Crippen LogP contribution in [-0.4, -0.2) is 36.7 Å². The Kier molecular flexibility index (Phi) is 11.1. The van der Waals surface area contributed by atoms with E-state index in [1.165, 1.54) is 0 Å². The van der Waals surface area contributed by atoms with Crippen LogP contribution in [0.4, 0.5) is 4.79 Å². The van der Waals surface area contributed by atoms with Crippen LogP contribution in [0.1, 0.15) is 26.2 Å². The van der Waals surface area contributed by atoms with Crippen molar-refractivity contribution in [1.82, 2.24) is 0 Å². The van der Waals surface area contributed by atoms with Gasteiger partial charge >= 0.3 is 25.0 Å². The van der Waals surface area contributed by atoms with Gasteiger partial charge in [-0.2, -0.15) is 0 Å². The molecular formula is C6H13LiO3. The van der Waals surface area contributed by atoms with E-state index in [4.69, 9.17) is 5.11 Å². The van der Waals surface area contributed by atoms with Gasteiger partial charge in [0.05, 0.1) is 6.61 Å². The molecule has 0 amide bonds. The summed E-state index contributed by atoms with van der Waals surface area (Å²) in [7, 11) is 0. The van der Waals surface area contributed by atoms with E-state index < -0.39 is 6.16 Å². The van der Waals surface area contributed by atoms with Crippen molar-refractivity contribution >= 4 is 25.0 Å². The second-order valence-electron chi connectivity index (χ2n) is 1.82. The Morgan fingerprint density at radius 2 is 2.10 bits per heavy atom. The molecule has 0 aliphatic rings. The fourth-order valence-corrected chi connectivity index (χ4v) is 0.512. The zero-order valence-electron chi connectivity index (χ0n) is 5.59. The quantitative estimate of drug-likeness (QED) is 0.363. The van der Waals surface area contributed by atoms with Gasteiger partial charge in [0.15, 0.2) is 0 Å². The molecule has 1 N–H and O–H groups in total. The van der Waals surface area contributed by atoms with Gasteiger partial charge in [0.1, 0.15) is 0 Å². The molecule has 0 aromatic carbocycles. The normalized spacial score (nSPS) is 8.10. The first kappa shape index (κ1) is 12.5. The Morgan fingerprint density at radius 1 is 1.50 bits per heavy atom. The Hall–Kier alpha value is -0.133. The molecule has 0 fully saturated rings. The summed E-state index contributed by atoms with van der Waals surface area (Å²) in [5.74, 6) is 0. The minimum atomic E-state index is -1.17. The van der Waals surface area contributed by atoms with Crippen LogP contribution in [0.3, 0.4) is 0 Å². The molecule has 0 rings (SSSR count). The molecule has 0 aliphatic heterocycles. The van der Waals surface area contributed by atoms with E-state index in [1.54, 1.807) is 0 Å². The van der Waals surface area contributed by atoms with Gasteiger partial charge in [0, 0.05) is 0 Å². The van der Waals surface area contributed by atoms with Crippen LogP contribution < -0.4 is 0 Å². The molecule has 0 saturated carbocycles. The third kappa shape index (κ3) is 10.8. The number of carbonyl (C=O) groups is 1. The molecule has 0 aromatic heterocycles. The number of rotatable bonds is 4. The Balaban J connectivity index is 0. The number of carboxylic acid groups (broad SMARTS) is 1. The van der Waals surface area contributed by atoms with E-state index in [-0.39, 0.29) is 18.9 Å². The molecule has 3 nitrogen and oxygen atoms in total. The molecule has 0 bridgehead atoms. The fourth-order valence-electron chi connectivity index (χ4n) is 0.512. The van der Waals surface area contributed by atoms with E-state index in [0.717, 1.165) is 19.3 Å². The van der Waals surface area contributed by atoms with E-state index in [1.807, 2.05) is 0 Å². The molecule has 0 saturated heterocycles. The van der Waals surface area contributed by atoms with Gasteiger partial charge in [-0.25, -0.2) is 4.79 Å². The Bertz CT molecular complexity index is 85.1. The van der Waals surface area contributed by atoms with Crippen LogP contribution in [0.5, 0.6) is 0 Å². The van der Waals surface area contributed by atoms with Crippen molar-refractivity contribution in [2.45, 2.75) is 26.2 Å². The first-order valence-corrected chi connectivity index (χ1v) is 3.13. The van der Waals surface area contributed by atoms with E-state index in [0.29, 0.717) is 6.61 Å². The third-order valence-electron chi connectivity index (χ3n) is 0.973. The van der Waals surface area contributed by atoms with Crippen molar-refractivity contribution < 1.29 is 14.6 Å². The Labute approximate surface area is 72.9 Å². The van der Waals surface area contributed by atoms with Gasteiger partial charge in [0.25, 0.3) is 0 Å². The maximum absolute atomic E-state index is 9.74. The zero-order chi connectivity index (χ0) is 7.11. The average Bonchev–Trinajstić information content (AvgIpc) is 1.80. The number of unbranched alkanes of at least 4 members (excludes halogenated alkanes) is 2. The summed E-state index contributed by atoms with van der Waals surface area (Å²) in [6, 6.07) is 0. The molecule has 4 heteroatoms. The van der Waals surface area contributed by atoms with Crippen molar-refractivity contribution in [3.63, 3.8) is 0 Å². The minimum absolute atomic E-state index is 0. The maximum atomic E-state index is 9.74. The van der Waals surface area contributed by atoms with Crippen molar-refractivity contribution in [1.29, 1.82) is 0 Å². The summed E-state index contributed by atoms with van der Waals surface area (Å²) >= 11 is 0. The average molecular weight is 140 g/mol. The fraction of sp³-hybridized carbons (Fsp3) is 0.833. The van der Waals surface area contributed by atoms with Crippen LogP contribution in [0.25, 0.3) is 0 Å².